The van der Waals surface area contributed by atoms with E-state index in [9.17, 15) is 17.6 Å². The van der Waals surface area contributed by atoms with E-state index in [0.717, 1.165) is 17.7 Å². The van der Waals surface area contributed by atoms with Crippen LogP contribution in [0.3, 0.4) is 0 Å². The Labute approximate surface area is 134 Å². The maximum Gasteiger partial charge on any atom is 0.243 e. The van der Waals surface area contributed by atoms with Crippen LogP contribution in [0.15, 0.2) is 47.4 Å². The van der Waals surface area contributed by atoms with Gasteiger partial charge in [-0.15, -0.1) is 0 Å². The van der Waals surface area contributed by atoms with Gasteiger partial charge in [-0.2, -0.15) is 0 Å². The molecule has 0 fully saturated rings. The molecule has 2 rings (SSSR count). The van der Waals surface area contributed by atoms with Gasteiger partial charge >= 0.3 is 0 Å². The molecule has 3 N–H and O–H groups in total. The van der Waals surface area contributed by atoms with Crippen molar-refractivity contribution in [1.29, 1.82) is 0 Å². The molecule has 0 aliphatic carbocycles. The van der Waals surface area contributed by atoms with Crippen LogP contribution in [0.1, 0.15) is 22.6 Å². The number of nitrogens with two attached hydrogens (primary N) is 1. The first-order valence-corrected chi connectivity index (χ1v) is 8.33. The average molecular weight is 336 g/mol. The summed E-state index contributed by atoms with van der Waals surface area (Å²) in [5.74, 6) is -2.43. The number of nitrogens with one attached hydrogen (secondary N) is 1. The Morgan fingerprint density at radius 3 is 2.17 bits per heavy atom. The zero-order valence-corrected chi connectivity index (χ0v) is 13.5. The van der Waals surface area contributed by atoms with Crippen molar-refractivity contribution in [2.75, 3.05) is 7.05 Å². The lowest BCUT2D eigenvalue weighted by atomic mass is 9.90. The summed E-state index contributed by atoms with van der Waals surface area (Å²) in [6.07, 6.45) is 0. The summed E-state index contributed by atoms with van der Waals surface area (Å²) in [7, 11) is -2.71. The molecule has 2 aromatic rings. The monoisotopic (exact) mass is 336 g/mol. The van der Waals surface area contributed by atoms with Crippen molar-refractivity contribution in [3.05, 3.63) is 65.0 Å². The minimum Gasteiger partial charge on any atom is -0.369 e. The van der Waals surface area contributed by atoms with Gasteiger partial charge in [0.2, 0.25) is 15.9 Å². The number of hydrogen-bond acceptors (Lipinski definition) is 3. The molecule has 1 unspecified atom stereocenters. The van der Waals surface area contributed by atoms with Crippen molar-refractivity contribution in [2.24, 2.45) is 5.73 Å². The first kappa shape index (κ1) is 17.1. The predicted octanol–water partition coefficient (Wildman–Crippen LogP) is 1.66. The van der Waals surface area contributed by atoms with Gasteiger partial charge in [-0.1, -0.05) is 35.9 Å². The largest absolute Gasteiger partial charge is 0.369 e. The molecule has 0 aliphatic heterocycles. The smallest absolute Gasteiger partial charge is 0.243 e. The van der Waals surface area contributed by atoms with E-state index in [2.05, 4.69) is 0 Å². The zero-order chi connectivity index (χ0) is 17.2. The van der Waals surface area contributed by atoms with Gasteiger partial charge < -0.3 is 5.73 Å². The molecule has 5 nitrogen and oxygen atoms in total. The minimum atomic E-state index is -3.90. The Morgan fingerprint density at radius 1 is 1.13 bits per heavy atom. The third-order valence-electron chi connectivity index (χ3n) is 3.54. The van der Waals surface area contributed by atoms with Gasteiger partial charge in [0.25, 0.3) is 0 Å². The van der Waals surface area contributed by atoms with Gasteiger partial charge in [-0.05, 0) is 37.2 Å². The van der Waals surface area contributed by atoms with Crippen LogP contribution in [-0.2, 0) is 14.8 Å². The van der Waals surface area contributed by atoms with E-state index >= 15 is 0 Å². The maximum absolute atomic E-state index is 14.2. The highest BCUT2D eigenvalue weighted by Gasteiger charge is 2.24. The van der Waals surface area contributed by atoms with Crippen LogP contribution in [0.2, 0.25) is 0 Å². The quantitative estimate of drug-likeness (QED) is 0.870. The highest BCUT2D eigenvalue weighted by molar-refractivity contribution is 7.89. The number of hydrogen-bond donors (Lipinski definition) is 2. The van der Waals surface area contributed by atoms with Crippen molar-refractivity contribution >= 4 is 15.9 Å². The number of carbonyl (C=O) groups excluding carboxylic acids is 1. The van der Waals surface area contributed by atoms with Crippen molar-refractivity contribution in [3.8, 4) is 0 Å². The van der Waals surface area contributed by atoms with Gasteiger partial charge in [-0.3, -0.25) is 4.79 Å². The van der Waals surface area contributed by atoms with Gasteiger partial charge in [0.05, 0.1) is 5.92 Å². The van der Waals surface area contributed by atoms with Gasteiger partial charge in [0.15, 0.2) is 0 Å². The number of benzene rings is 2. The maximum atomic E-state index is 14.2. The lowest BCUT2D eigenvalue weighted by Gasteiger charge is -2.15. The molecule has 0 aromatic heterocycles. The Hall–Kier alpha value is -2.25. The second kappa shape index (κ2) is 6.47. The van der Waals surface area contributed by atoms with Crippen LogP contribution >= 0.6 is 0 Å². The standard InChI is InChI=1S/C16H17FN2O3S/c1-10-3-5-11(6-4-10)15(16(18)20)12-7-8-14(13(17)9-12)23(21,22)19-2/h3-9,15,19H,1-2H3,(H2,18,20). The summed E-state index contributed by atoms with van der Waals surface area (Å²) in [5.41, 5.74) is 7.38. The Morgan fingerprint density at radius 2 is 1.70 bits per heavy atom. The van der Waals surface area contributed by atoms with Gasteiger partial charge in [-0.25, -0.2) is 17.5 Å². The fourth-order valence-corrected chi connectivity index (χ4v) is 3.09. The summed E-state index contributed by atoms with van der Waals surface area (Å²) in [6, 6.07) is 10.7. The van der Waals surface area contributed by atoms with Crippen LogP contribution in [0.5, 0.6) is 0 Å². The Bertz CT molecular complexity index is 833. The van der Waals surface area contributed by atoms with Crippen molar-refractivity contribution < 1.29 is 17.6 Å². The summed E-state index contributed by atoms with van der Waals surface area (Å²) in [5, 5.41) is 0. The van der Waals surface area contributed by atoms with Crippen molar-refractivity contribution in [1.82, 2.24) is 4.72 Å². The number of sulfonamides is 1. The number of halogens is 1. The number of amides is 1. The lowest BCUT2D eigenvalue weighted by molar-refractivity contribution is -0.118. The molecule has 0 bridgehead atoms. The molecule has 0 saturated carbocycles. The molecule has 0 spiro atoms. The van der Waals surface area contributed by atoms with Crippen LogP contribution in [0, 0.1) is 12.7 Å². The molecule has 7 heteroatoms. The van der Waals surface area contributed by atoms with Crippen molar-refractivity contribution in [2.45, 2.75) is 17.7 Å². The number of aryl methyl sites for hydroxylation is 1. The summed E-state index contributed by atoms with van der Waals surface area (Å²) < 4.78 is 39.6. The second-order valence-corrected chi connectivity index (χ2v) is 7.00. The minimum absolute atomic E-state index is 0.300. The highest BCUT2D eigenvalue weighted by atomic mass is 32.2. The SMILES string of the molecule is CNS(=O)(=O)c1ccc(C(C(N)=O)c2ccc(C)cc2)cc1F. The molecular weight excluding hydrogens is 319 g/mol. The molecule has 1 atom stereocenters. The normalized spacial score (nSPS) is 12.8. The molecule has 0 aliphatic rings. The predicted molar refractivity (Wildman–Crippen MR) is 84.9 cm³/mol. The van der Waals surface area contributed by atoms with Crippen LogP contribution in [0.25, 0.3) is 0 Å². The number of carbonyl (C=O) groups is 1. The van der Waals surface area contributed by atoms with E-state index in [-0.39, 0.29) is 0 Å². The number of rotatable bonds is 5. The van der Waals surface area contributed by atoms with E-state index < -0.39 is 32.6 Å². The molecule has 0 radical (unpaired) electrons. The van der Waals surface area contributed by atoms with E-state index in [1.54, 1.807) is 12.1 Å². The van der Waals surface area contributed by atoms with Crippen molar-refractivity contribution in [3.63, 3.8) is 0 Å². The highest BCUT2D eigenvalue weighted by Crippen LogP contribution is 2.27. The molecule has 0 saturated heterocycles. The fraction of sp³-hybridized carbons (Fsp3) is 0.188. The second-order valence-electron chi connectivity index (χ2n) is 5.14. The topological polar surface area (TPSA) is 89.3 Å². The first-order chi connectivity index (χ1) is 10.8. The molecule has 122 valence electrons. The van der Waals surface area contributed by atoms with E-state index in [1.807, 2.05) is 23.8 Å². The first-order valence-electron chi connectivity index (χ1n) is 6.85. The molecule has 0 heterocycles. The molecule has 23 heavy (non-hydrogen) atoms. The van der Waals surface area contributed by atoms with Crippen LogP contribution in [-0.4, -0.2) is 21.4 Å². The fourth-order valence-electron chi connectivity index (χ4n) is 2.30. The van der Waals surface area contributed by atoms with E-state index in [4.69, 9.17) is 5.73 Å². The summed E-state index contributed by atoms with van der Waals surface area (Å²) >= 11 is 0. The third kappa shape index (κ3) is 3.57. The zero-order valence-electron chi connectivity index (χ0n) is 12.7. The Balaban J connectivity index is 2.52. The molecule has 2 aromatic carbocycles. The number of primary amides is 1. The van der Waals surface area contributed by atoms with Gasteiger partial charge in [0, 0.05) is 0 Å². The average Bonchev–Trinajstić information content (AvgIpc) is 2.49. The lowest BCUT2D eigenvalue weighted by Crippen LogP contribution is -2.23. The Kier molecular flexibility index (Phi) is 4.82. The van der Waals surface area contributed by atoms with Gasteiger partial charge in [0.1, 0.15) is 10.7 Å². The molecule has 1 amide bonds. The summed E-state index contributed by atoms with van der Waals surface area (Å²) in [6.45, 7) is 1.90. The molecular formula is C16H17FN2O3S. The third-order valence-corrected chi connectivity index (χ3v) is 4.99. The van der Waals surface area contributed by atoms with E-state index in [1.165, 1.54) is 13.1 Å². The summed E-state index contributed by atoms with van der Waals surface area (Å²) in [4.78, 5) is 11.3. The van der Waals surface area contributed by atoms with E-state index in [0.29, 0.717) is 11.1 Å². The van der Waals surface area contributed by atoms with Crippen LogP contribution in [0.4, 0.5) is 4.39 Å². The van der Waals surface area contributed by atoms with Crippen LogP contribution < -0.4 is 10.5 Å².